The SMILES string of the molecule is CC(C)c1cc(=O)oc2cc(OS(=O)(=O)c3ccc(C#N)cc3)ccc12. The van der Waals surface area contributed by atoms with Gasteiger partial charge in [-0.25, -0.2) is 4.79 Å². The van der Waals surface area contributed by atoms with Crippen molar-refractivity contribution >= 4 is 21.1 Å². The lowest BCUT2D eigenvalue weighted by Gasteiger charge is -2.10. The Bertz CT molecular complexity index is 1170. The molecule has 132 valence electrons. The van der Waals surface area contributed by atoms with E-state index in [2.05, 4.69) is 0 Å². The predicted molar refractivity (Wildman–Crippen MR) is 95.5 cm³/mol. The molecule has 0 spiro atoms. The van der Waals surface area contributed by atoms with Gasteiger partial charge in [0.2, 0.25) is 0 Å². The van der Waals surface area contributed by atoms with Gasteiger partial charge in [-0.1, -0.05) is 13.8 Å². The van der Waals surface area contributed by atoms with Crippen LogP contribution in [0.5, 0.6) is 5.75 Å². The molecule has 0 saturated carbocycles. The number of benzene rings is 2. The highest BCUT2D eigenvalue weighted by Gasteiger charge is 2.18. The van der Waals surface area contributed by atoms with E-state index >= 15 is 0 Å². The van der Waals surface area contributed by atoms with E-state index in [1.54, 1.807) is 6.07 Å². The summed E-state index contributed by atoms with van der Waals surface area (Å²) in [7, 11) is -4.07. The van der Waals surface area contributed by atoms with Gasteiger partial charge in [0.1, 0.15) is 16.2 Å². The second-order valence-corrected chi connectivity index (χ2v) is 7.55. The summed E-state index contributed by atoms with van der Waals surface area (Å²) in [5.74, 6) is 0.140. The minimum atomic E-state index is -4.07. The highest BCUT2D eigenvalue weighted by molar-refractivity contribution is 7.87. The molecule has 0 radical (unpaired) electrons. The number of fused-ring (bicyclic) bond motifs is 1. The van der Waals surface area contributed by atoms with Crippen molar-refractivity contribution in [1.29, 1.82) is 5.26 Å². The minimum Gasteiger partial charge on any atom is -0.423 e. The Balaban J connectivity index is 2.00. The van der Waals surface area contributed by atoms with Crippen LogP contribution >= 0.6 is 0 Å². The molecule has 0 bridgehead atoms. The van der Waals surface area contributed by atoms with Crippen LogP contribution in [-0.2, 0) is 10.1 Å². The van der Waals surface area contributed by atoms with Crippen molar-refractivity contribution in [3.63, 3.8) is 0 Å². The summed E-state index contributed by atoms with van der Waals surface area (Å²) >= 11 is 0. The summed E-state index contributed by atoms with van der Waals surface area (Å²) in [5.41, 5.74) is 0.914. The quantitative estimate of drug-likeness (QED) is 0.515. The second-order valence-electron chi connectivity index (χ2n) is 6.01. The van der Waals surface area contributed by atoms with Gasteiger partial charge in [-0.15, -0.1) is 0 Å². The van der Waals surface area contributed by atoms with Crippen LogP contribution in [0, 0.1) is 11.3 Å². The van der Waals surface area contributed by atoms with E-state index in [0.717, 1.165) is 10.9 Å². The van der Waals surface area contributed by atoms with Crippen LogP contribution in [0.15, 0.2) is 62.6 Å². The number of nitrogens with zero attached hydrogens (tertiary/aromatic N) is 1. The molecule has 3 aromatic rings. The van der Waals surface area contributed by atoms with Crippen LogP contribution in [0.4, 0.5) is 0 Å². The smallest absolute Gasteiger partial charge is 0.339 e. The van der Waals surface area contributed by atoms with Gasteiger partial charge in [0.05, 0.1) is 11.6 Å². The largest absolute Gasteiger partial charge is 0.423 e. The van der Waals surface area contributed by atoms with E-state index in [0.29, 0.717) is 5.56 Å². The molecular weight excluding hydrogens is 354 g/mol. The standard InChI is InChI=1S/C19H15NO5S/c1-12(2)17-10-19(21)24-18-9-14(5-8-16(17)18)25-26(22,23)15-6-3-13(11-20)4-7-15/h3-10,12H,1-2H3. The molecule has 2 aromatic carbocycles. The lowest BCUT2D eigenvalue weighted by Crippen LogP contribution is -2.10. The lowest BCUT2D eigenvalue weighted by molar-refractivity contribution is 0.485. The highest BCUT2D eigenvalue weighted by atomic mass is 32.2. The van der Waals surface area contributed by atoms with Crippen molar-refractivity contribution in [2.75, 3.05) is 0 Å². The maximum absolute atomic E-state index is 12.4. The van der Waals surface area contributed by atoms with Crippen LogP contribution < -0.4 is 9.81 Å². The number of rotatable bonds is 4. The molecule has 0 aliphatic rings. The van der Waals surface area contributed by atoms with Gasteiger partial charge in [0.25, 0.3) is 0 Å². The van der Waals surface area contributed by atoms with Gasteiger partial charge in [0.15, 0.2) is 0 Å². The van der Waals surface area contributed by atoms with Crippen molar-refractivity contribution in [2.24, 2.45) is 0 Å². The Kier molecular flexibility index (Phi) is 4.53. The van der Waals surface area contributed by atoms with Gasteiger partial charge < -0.3 is 8.60 Å². The molecule has 1 heterocycles. The first-order valence-corrected chi connectivity index (χ1v) is 9.23. The minimum absolute atomic E-state index is 0.0333. The van der Waals surface area contributed by atoms with Crippen LogP contribution in [0.1, 0.15) is 30.9 Å². The number of hydrogen-bond donors (Lipinski definition) is 0. The normalized spacial score (nSPS) is 11.5. The monoisotopic (exact) mass is 369 g/mol. The van der Waals surface area contributed by atoms with Crippen molar-refractivity contribution in [3.05, 3.63) is 70.1 Å². The molecular formula is C19H15NO5S. The Morgan fingerprint density at radius 3 is 2.38 bits per heavy atom. The third-order valence-corrected chi connectivity index (χ3v) is 5.11. The van der Waals surface area contributed by atoms with Crippen LogP contribution in [0.2, 0.25) is 0 Å². The Morgan fingerprint density at radius 1 is 1.08 bits per heavy atom. The molecule has 0 saturated heterocycles. The molecule has 0 atom stereocenters. The molecule has 0 aliphatic heterocycles. The van der Waals surface area contributed by atoms with E-state index in [-0.39, 0.29) is 22.1 Å². The zero-order valence-electron chi connectivity index (χ0n) is 14.1. The third kappa shape index (κ3) is 3.46. The summed E-state index contributed by atoms with van der Waals surface area (Å²) in [6.07, 6.45) is 0. The Morgan fingerprint density at radius 2 is 1.77 bits per heavy atom. The maximum atomic E-state index is 12.4. The number of nitriles is 1. The molecule has 1 aromatic heterocycles. The topological polar surface area (TPSA) is 97.4 Å². The average molecular weight is 369 g/mol. The molecule has 6 nitrogen and oxygen atoms in total. The van der Waals surface area contributed by atoms with E-state index in [4.69, 9.17) is 13.9 Å². The van der Waals surface area contributed by atoms with E-state index in [1.807, 2.05) is 19.9 Å². The zero-order chi connectivity index (χ0) is 18.9. The van der Waals surface area contributed by atoms with Crippen molar-refractivity contribution in [3.8, 4) is 11.8 Å². The fourth-order valence-corrected chi connectivity index (χ4v) is 3.49. The van der Waals surface area contributed by atoms with E-state index < -0.39 is 15.7 Å². The van der Waals surface area contributed by atoms with Crippen LogP contribution in [0.3, 0.4) is 0 Å². The lowest BCUT2D eigenvalue weighted by atomic mass is 10.00. The summed E-state index contributed by atoms with van der Waals surface area (Å²) in [6, 6.07) is 13.3. The van der Waals surface area contributed by atoms with Gasteiger partial charge in [-0.2, -0.15) is 13.7 Å². The van der Waals surface area contributed by atoms with Crippen LogP contribution in [-0.4, -0.2) is 8.42 Å². The molecule has 7 heteroatoms. The zero-order valence-corrected chi connectivity index (χ0v) is 14.9. The Hall–Kier alpha value is -3.11. The summed E-state index contributed by atoms with van der Waals surface area (Å²) in [6.45, 7) is 3.90. The molecule has 0 amide bonds. The molecule has 3 rings (SSSR count). The summed E-state index contributed by atoms with van der Waals surface area (Å²) < 4.78 is 35.1. The fraction of sp³-hybridized carbons (Fsp3) is 0.158. The summed E-state index contributed by atoms with van der Waals surface area (Å²) in [4.78, 5) is 11.7. The van der Waals surface area contributed by atoms with Gasteiger partial charge >= 0.3 is 15.7 Å². The highest BCUT2D eigenvalue weighted by Crippen LogP contribution is 2.28. The van der Waals surface area contributed by atoms with Crippen LogP contribution in [0.25, 0.3) is 11.0 Å². The van der Waals surface area contributed by atoms with E-state index in [9.17, 15) is 13.2 Å². The predicted octanol–water partition coefficient (Wildman–Crippen LogP) is 3.56. The second kappa shape index (κ2) is 6.65. The first-order chi connectivity index (χ1) is 12.3. The number of hydrogen-bond acceptors (Lipinski definition) is 6. The van der Waals surface area contributed by atoms with Gasteiger partial charge in [-0.3, -0.25) is 0 Å². The van der Waals surface area contributed by atoms with Crippen molar-refractivity contribution in [2.45, 2.75) is 24.7 Å². The average Bonchev–Trinajstić information content (AvgIpc) is 2.60. The first kappa shape index (κ1) is 17.7. The first-order valence-electron chi connectivity index (χ1n) is 7.82. The van der Waals surface area contributed by atoms with Crippen molar-refractivity contribution < 1.29 is 17.0 Å². The molecule has 26 heavy (non-hydrogen) atoms. The molecule has 0 N–H and O–H groups in total. The molecule has 0 fully saturated rings. The molecule has 0 unspecified atom stereocenters. The van der Waals surface area contributed by atoms with Gasteiger partial charge in [0, 0.05) is 17.5 Å². The molecule has 0 aliphatic carbocycles. The fourth-order valence-electron chi connectivity index (χ4n) is 2.57. The maximum Gasteiger partial charge on any atom is 0.339 e. The van der Waals surface area contributed by atoms with Crippen molar-refractivity contribution in [1.82, 2.24) is 0 Å². The van der Waals surface area contributed by atoms with E-state index in [1.165, 1.54) is 42.5 Å². The third-order valence-electron chi connectivity index (χ3n) is 3.85. The summed E-state index contributed by atoms with van der Waals surface area (Å²) in [5, 5.41) is 9.51. The van der Waals surface area contributed by atoms with Gasteiger partial charge in [-0.05, 0) is 47.9 Å². The Labute approximate surface area is 150 Å².